The fourth-order valence-corrected chi connectivity index (χ4v) is 5.43. The van der Waals surface area contributed by atoms with Crippen LogP contribution in [0.2, 0.25) is 0 Å². The van der Waals surface area contributed by atoms with Gasteiger partial charge in [-0.25, -0.2) is 8.42 Å². The summed E-state index contributed by atoms with van der Waals surface area (Å²) in [4.78, 5) is 29.1. The van der Waals surface area contributed by atoms with Gasteiger partial charge >= 0.3 is 0 Å². The fraction of sp³-hybridized carbons (Fsp3) is 0.333. The number of aryl methyl sites for hydroxylation is 2. The number of nitrogens with zero attached hydrogens (tertiary/aromatic N) is 2. The zero-order valence-corrected chi connectivity index (χ0v) is 25.4. The highest BCUT2D eigenvalue weighted by molar-refractivity contribution is 9.10. The number of carbonyl (C=O) groups excluding carboxylic acids is 2. The van der Waals surface area contributed by atoms with Crippen molar-refractivity contribution in [2.24, 2.45) is 0 Å². The predicted octanol–water partition coefficient (Wildman–Crippen LogP) is 5.00. The van der Waals surface area contributed by atoms with E-state index in [1.807, 2.05) is 82.3 Å². The summed E-state index contributed by atoms with van der Waals surface area (Å²) >= 11 is 3.44. The number of amides is 2. The van der Waals surface area contributed by atoms with Crippen LogP contribution < -0.4 is 9.62 Å². The Labute approximate surface area is 240 Å². The number of rotatable bonds is 11. The summed E-state index contributed by atoms with van der Waals surface area (Å²) < 4.78 is 27.7. The van der Waals surface area contributed by atoms with Crippen LogP contribution in [0, 0.1) is 13.8 Å². The second-order valence-corrected chi connectivity index (χ2v) is 12.8. The van der Waals surface area contributed by atoms with Gasteiger partial charge in [-0.15, -0.1) is 0 Å². The monoisotopic (exact) mass is 613 g/mol. The molecule has 0 aliphatic heterocycles. The van der Waals surface area contributed by atoms with E-state index in [0.29, 0.717) is 5.69 Å². The number of sulfonamides is 1. The number of benzene rings is 3. The minimum Gasteiger partial charge on any atom is -0.352 e. The lowest BCUT2D eigenvalue weighted by Crippen LogP contribution is -2.54. The van der Waals surface area contributed by atoms with Crippen molar-refractivity contribution in [3.05, 3.63) is 99.5 Å². The molecule has 0 fully saturated rings. The van der Waals surface area contributed by atoms with E-state index in [1.165, 1.54) is 4.90 Å². The van der Waals surface area contributed by atoms with Crippen LogP contribution in [0.25, 0.3) is 0 Å². The number of anilines is 1. The van der Waals surface area contributed by atoms with Gasteiger partial charge in [0.25, 0.3) is 0 Å². The highest BCUT2D eigenvalue weighted by atomic mass is 79.9. The van der Waals surface area contributed by atoms with Crippen molar-refractivity contribution in [3.8, 4) is 0 Å². The first-order valence-electron chi connectivity index (χ1n) is 12.8. The Morgan fingerprint density at radius 1 is 0.923 bits per heavy atom. The third-order valence-corrected chi connectivity index (χ3v) is 8.28. The van der Waals surface area contributed by atoms with Gasteiger partial charge in [0.15, 0.2) is 0 Å². The first-order valence-corrected chi connectivity index (χ1v) is 15.4. The average Bonchev–Trinajstić information content (AvgIpc) is 2.86. The molecule has 3 rings (SSSR count). The van der Waals surface area contributed by atoms with Gasteiger partial charge in [-0.2, -0.15) is 0 Å². The van der Waals surface area contributed by atoms with Gasteiger partial charge in [-0.05, 0) is 62.6 Å². The Kier molecular flexibility index (Phi) is 10.3. The largest absolute Gasteiger partial charge is 0.352 e. The SMILES string of the molecule is Cc1cccc(CN(C(=O)CN(c2ccc(Br)c(C)c2)S(C)(=O)=O)[C@@H](Cc2ccccc2)C(=O)NC(C)C)c1. The Morgan fingerprint density at radius 3 is 2.18 bits per heavy atom. The smallest absolute Gasteiger partial charge is 0.244 e. The van der Waals surface area contributed by atoms with Crippen LogP contribution in [0.15, 0.2) is 77.3 Å². The van der Waals surface area contributed by atoms with E-state index in [9.17, 15) is 18.0 Å². The van der Waals surface area contributed by atoms with Crippen molar-refractivity contribution in [2.75, 3.05) is 17.1 Å². The molecule has 0 radical (unpaired) electrons. The third-order valence-electron chi connectivity index (χ3n) is 6.25. The van der Waals surface area contributed by atoms with Crippen LogP contribution in [0.4, 0.5) is 5.69 Å². The maximum atomic E-state index is 14.1. The van der Waals surface area contributed by atoms with Crippen LogP contribution >= 0.6 is 15.9 Å². The van der Waals surface area contributed by atoms with E-state index in [2.05, 4.69) is 21.2 Å². The van der Waals surface area contributed by atoms with Crippen molar-refractivity contribution in [1.82, 2.24) is 10.2 Å². The summed E-state index contributed by atoms with van der Waals surface area (Å²) in [5.74, 6) is -0.761. The maximum absolute atomic E-state index is 14.1. The van der Waals surface area contributed by atoms with Crippen molar-refractivity contribution in [1.29, 1.82) is 0 Å². The van der Waals surface area contributed by atoms with E-state index in [4.69, 9.17) is 0 Å². The molecule has 0 saturated heterocycles. The summed E-state index contributed by atoms with van der Waals surface area (Å²) in [6.07, 6.45) is 1.36. The summed E-state index contributed by atoms with van der Waals surface area (Å²) in [6, 6.07) is 21.4. The van der Waals surface area contributed by atoms with Gasteiger partial charge in [0.1, 0.15) is 12.6 Å². The van der Waals surface area contributed by atoms with E-state index in [0.717, 1.165) is 37.3 Å². The first kappa shape index (κ1) is 30.4. The maximum Gasteiger partial charge on any atom is 0.244 e. The number of hydrogen-bond donors (Lipinski definition) is 1. The first-order chi connectivity index (χ1) is 18.3. The molecule has 3 aromatic rings. The summed E-state index contributed by atoms with van der Waals surface area (Å²) in [7, 11) is -3.81. The molecule has 0 aromatic heterocycles. The lowest BCUT2D eigenvalue weighted by Gasteiger charge is -2.34. The van der Waals surface area contributed by atoms with Gasteiger partial charge in [-0.3, -0.25) is 13.9 Å². The standard InChI is InChI=1S/C30H36BrN3O4S/c1-21(2)32-30(36)28(18-24-11-7-6-8-12-24)33(19-25-13-9-10-22(3)16-25)29(35)20-34(39(5,37)38)26-14-15-27(31)23(4)17-26/h6-17,21,28H,18-20H2,1-5H3,(H,32,36)/t28-/m0/s1. The van der Waals surface area contributed by atoms with Crippen molar-refractivity contribution >= 4 is 43.5 Å². The van der Waals surface area contributed by atoms with E-state index in [1.54, 1.807) is 18.2 Å². The molecular formula is C30H36BrN3O4S. The molecule has 0 unspecified atom stereocenters. The summed E-state index contributed by atoms with van der Waals surface area (Å²) in [6.45, 7) is 7.26. The molecule has 2 amide bonds. The second-order valence-electron chi connectivity index (χ2n) is 10.1. The molecule has 1 N–H and O–H groups in total. The molecule has 7 nitrogen and oxygen atoms in total. The van der Waals surface area contributed by atoms with Crippen molar-refractivity contribution in [3.63, 3.8) is 0 Å². The van der Waals surface area contributed by atoms with Gasteiger partial charge < -0.3 is 10.2 Å². The predicted molar refractivity (Wildman–Crippen MR) is 160 cm³/mol. The zero-order chi connectivity index (χ0) is 28.7. The molecule has 0 bridgehead atoms. The Bertz CT molecular complexity index is 1410. The lowest BCUT2D eigenvalue weighted by atomic mass is 10.0. The number of nitrogens with one attached hydrogen (secondary N) is 1. The molecule has 208 valence electrons. The molecule has 0 spiro atoms. The molecule has 0 heterocycles. The Balaban J connectivity index is 2.07. The van der Waals surface area contributed by atoms with Gasteiger partial charge in [0.05, 0.1) is 11.9 Å². The highest BCUT2D eigenvalue weighted by Gasteiger charge is 2.33. The van der Waals surface area contributed by atoms with Crippen LogP contribution in [0.3, 0.4) is 0 Å². The lowest BCUT2D eigenvalue weighted by molar-refractivity contribution is -0.140. The molecule has 0 saturated carbocycles. The minimum absolute atomic E-state index is 0.134. The van der Waals surface area contributed by atoms with E-state index < -0.39 is 28.5 Å². The normalized spacial score (nSPS) is 12.2. The minimum atomic E-state index is -3.81. The molecular weight excluding hydrogens is 578 g/mol. The van der Waals surface area contributed by atoms with Gasteiger partial charge in [0, 0.05) is 23.5 Å². The molecule has 9 heteroatoms. The number of carbonyl (C=O) groups is 2. The quantitative estimate of drug-likeness (QED) is 0.330. The molecule has 1 atom stereocenters. The zero-order valence-electron chi connectivity index (χ0n) is 23.0. The fourth-order valence-electron chi connectivity index (χ4n) is 4.34. The van der Waals surface area contributed by atoms with Crippen LogP contribution in [0.5, 0.6) is 0 Å². The average molecular weight is 615 g/mol. The van der Waals surface area contributed by atoms with E-state index >= 15 is 0 Å². The molecule has 3 aromatic carbocycles. The van der Waals surface area contributed by atoms with Gasteiger partial charge in [0.2, 0.25) is 21.8 Å². The van der Waals surface area contributed by atoms with E-state index in [-0.39, 0.29) is 24.9 Å². The third kappa shape index (κ3) is 8.66. The molecule has 0 aliphatic rings. The number of hydrogen-bond acceptors (Lipinski definition) is 4. The van der Waals surface area contributed by atoms with Crippen molar-refractivity contribution < 1.29 is 18.0 Å². The van der Waals surface area contributed by atoms with Crippen LogP contribution in [-0.2, 0) is 32.6 Å². The second kappa shape index (κ2) is 13.3. The molecule has 39 heavy (non-hydrogen) atoms. The topological polar surface area (TPSA) is 86.8 Å². The van der Waals surface area contributed by atoms with Gasteiger partial charge in [-0.1, -0.05) is 76.1 Å². The highest BCUT2D eigenvalue weighted by Crippen LogP contribution is 2.25. The molecule has 0 aliphatic carbocycles. The summed E-state index contributed by atoms with van der Waals surface area (Å²) in [5.41, 5.74) is 3.99. The van der Waals surface area contributed by atoms with Crippen LogP contribution in [-0.4, -0.2) is 50.0 Å². The Hall–Kier alpha value is -3.17. The van der Waals surface area contributed by atoms with Crippen LogP contribution in [0.1, 0.15) is 36.1 Å². The Morgan fingerprint density at radius 2 is 1.59 bits per heavy atom. The summed E-state index contributed by atoms with van der Waals surface area (Å²) in [5, 5.41) is 2.95. The number of halogens is 1. The van der Waals surface area contributed by atoms with Crippen molar-refractivity contribution in [2.45, 2.75) is 52.7 Å².